The van der Waals surface area contributed by atoms with E-state index in [1.807, 2.05) is 6.07 Å². The molecular weight excluding hydrogens is 306 g/mol. The standard InChI is InChI=1S/C20H30F2Si/c1-2-12-23-13-8-16(9-14-23)20(10-4-3-5-11-20)17-6-7-18(21)19(22)15-17/h6-7,15-16,23H,2-5,8-14H2,1H3. The van der Waals surface area contributed by atoms with E-state index in [1.54, 1.807) is 0 Å². The fraction of sp³-hybridized carbons (Fsp3) is 0.700. The summed E-state index contributed by atoms with van der Waals surface area (Å²) in [4.78, 5) is 0. The Bertz CT molecular complexity index is 514. The minimum Gasteiger partial charge on any atom is -0.204 e. The van der Waals surface area contributed by atoms with Gasteiger partial charge in [-0.2, -0.15) is 0 Å². The zero-order valence-electron chi connectivity index (χ0n) is 14.4. The molecule has 1 aromatic rings. The summed E-state index contributed by atoms with van der Waals surface area (Å²) < 4.78 is 27.3. The summed E-state index contributed by atoms with van der Waals surface area (Å²) >= 11 is 0. The molecule has 0 bridgehead atoms. The maximum absolute atomic E-state index is 13.9. The van der Waals surface area contributed by atoms with Gasteiger partial charge in [-0.15, -0.1) is 0 Å². The van der Waals surface area contributed by atoms with Gasteiger partial charge in [0.05, 0.1) is 0 Å². The predicted molar refractivity (Wildman–Crippen MR) is 95.7 cm³/mol. The van der Waals surface area contributed by atoms with Gasteiger partial charge in [-0.05, 0) is 41.9 Å². The van der Waals surface area contributed by atoms with Gasteiger partial charge in [0.1, 0.15) is 0 Å². The van der Waals surface area contributed by atoms with Crippen molar-refractivity contribution < 1.29 is 8.78 Å². The minimum atomic E-state index is -0.709. The highest BCUT2D eigenvalue weighted by atomic mass is 28.3. The first-order valence-corrected chi connectivity index (χ1v) is 12.1. The average Bonchev–Trinajstić information content (AvgIpc) is 2.59. The molecule has 2 fully saturated rings. The molecule has 1 aromatic carbocycles. The fourth-order valence-electron chi connectivity index (χ4n) is 5.33. The lowest BCUT2D eigenvalue weighted by atomic mass is 9.60. The molecule has 2 aliphatic rings. The molecule has 3 rings (SSSR count). The highest BCUT2D eigenvalue weighted by Crippen LogP contribution is 2.50. The number of rotatable bonds is 4. The van der Waals surface area contributed by atoms with E-state index in [-0.39, 0.29) is 5.41 Å². The summed E-state index contributed by atoms with van der Waals surface area (Å²) in [7, 11) is -0.495. The van der Waals surface area contributed by atoms with Gasteiger partial charge in [-0.25, -0.2) is 8.78 Å². The van der Waals surface area contributed by atoms with E-state index < -0.39 is 20.4 Å². The van der Waals surface area contributed by atoms with Gasteiger partial charge in [-0.3, -0.25) is 0 Å². The Kier molecular flexibility index (Phi) is 5.56. The molecule has 23 heavy (non-hydrogen) atoms. The summed E-state index contributed by atoms with van der Waals surface area (Å²) in [5, 5.41) is 0. The molecule has 1 saturated carbocycles. The van der Waals surface area contributed by atoms with Gasteiger partial charge in [0.25, 0.3) is 0 Å². The molecule has 0 spiro atoms. The molecule has 1 saturated heterocycles. The summed E-state index contributed by atoms with van der Waals surface area (Å²) in [6.45, 7) is 2.31. The number of benzene rings is 1. The molecule has 0 N–H and O–H groups in total. The van der Waals surface area contributed by atoms with E-state index in [2.05, 4.69) is 6.92 Å². The Hall–Kier alpha value is -0.703. The Labute approximate surface area is 141 Å². The number of halogens is 2. The Morgan fingerprint density at radius 1 is 1.04 bits per heavy atom. The summed E-state index contributed by atoms with van der Waals surface area (Å²) in [5.41, 5.74) is 1.20. The fourth-order valence-corrected chi connectivity index (χ4v) is 8.76. The zero-order chi connectivity index (χ0) is 16.3. The van der Waals surface area contributed by atoms with Crippen molar-refractivity contribution in [2.24, 2.45) is 5.92 Å². The lowest BCUT2D eigenvalue weighted by Gasteiger charge is -2.47. The lowest BCUT2D eigenvalue weighted by molar-refractivity contribution is 0.174. The van der Waals surface area contributed by atoms with Crippen molar-refractivity contribution in [1.82, 2.24) is 0 Å². The van der Waals surface area contributed by atoms with Crippen molar-refractivity contribution in [1.29, 1.82) is 0 Å². The largest absolute Gasteiger partial charge is 0.204 e. The summed E-state index contributed by atoms with van der Waals surface area (Å²) in [6.07, 6.45) is 10.1. The van der Waals surface area contributed by atoms with Crippen LogP contribution in [0.5, 0.6) is 0 Å². The highest BCUT2D eigenvalue weighted by molar-refractivity contribution is 6.58. The first kappa shape index (κ1) is 17.1. The second kappa shape index (κ2) is 7.46. The smallest absolute Gasteiger partial charge is 0.159 e. The van der Waals surface area contributed by atoms with Crippen LogP contribution in [-0.4, -0.2) is 8.80 Å². The van der Waals surface area contributed by atoms with Crippen LogP contribution in [0, 0.1) is 17.6 Å². The normalized spacial score (nSPS) is 27.8. The van der Waals surface area contributed by atoms with Crippen LogP contribution in [0.1, 0.15) is 63.9 Å². The molecule has 128 valence electrons. The molecule has 0 amide bonds. The summed E-state index contributed by atoms with van der Waals surface area (Å²) in [6, 6.07) is 9.15. The van der Waals surface area contributed by atoms with E-state index in [0.717, 1.165) is 5.56 Å². The van der Waals surface area contributed by atoms with E-state index in [0.29, 0.717) is 5.92 Å². The third kappa shape index (κ3) is 3.55. The van der Waals surface area contributed by atoms with Crippen LogP contribution in [0.4, 0.5) is 8.78 Å². The SMILES string of the molecule is CCC[SiH]1CCC(C2(c3ccc(F)c(F)c3)CCCCC2)CC1. The van der Waals surface area contributed by atoms with Crippen LogP contribution in [0.2, 0.25) is 18.1 Å². The predicted octanol–water partition coefficient (Wildman–Crippen LogP) is 6.21. The van der Waals surface area contributed by atoms with Crippen LogP contribution >= 0.6 is 0 Å². The van der Waals surface area contributed by atoms with Crippen molar-refractivity contribution in [3.05, 3.63) is 35.4 Å². The number of hydrogen-bond acceptors (Lipinski definition) is 0. The van der Waals surface area contributed by atoms with Crippen LogP contribution in [0.15, 0.2) is 18.2 Å². The molecule has 0 unspecified atom stereocenters. The van der Waals surface area contributed by atoms with Crippen molar-refractivity contribution >= 4 is 8.80 Å². The molecular formula is C20H30F2Si. The number of hydrogen-bond donors (Lipinski definition) is 0. The van der Waals surface area contributed by atoms with E-state index in [9.17, 15) is 8.78 Å². The van der Waals surface area contributed by atoms with Gasteiger partial charge >= 0.3 is 0 Å². The second-order valence-electron chi connectivity index (χ2n) is 7.85. The topological polar surface area (TPSA) is 0 Å². The maximum Gasteiger partial charge on any atom is 0.159 e. The van der Waals surface area contributed by atoms with Gasteiger partial charge in [0.15, 0.2) is 11.6 Å². The van der Waals surface area contributed by atoms with Gasteiger partial charge in [0, 0.05) is 8.80 Å². The molecule has 0 aromatic heterocycles. The van der Waals surface area contributed by atoms with E-state index in [1.165, 1.54) is 81.6 Å². The molecule has 1 aliphatic carbocycles. The molecule has 1 heterocycles. The van der Waals surface area contributed by atoms with Crippen LogP contribution in [-0.2, 0) is 5.41 Å². The first-order valence-electron chi connectivity index (χ1n) is 9.61. The lowest BCUT2D eigenvalue weighted by Crippen LogP contribution is -2.40. The van der Waals surface area contributed by atoms with Crippen LogP contribution in [0.3, 0.4) is 0 Å². The third-order valence-electron chi connectivity index (χ3n) is 6.57. The monoisotopic (exact) mass is 336 g/mol. The molecule has 0 radical (unpaired) electrons. The zero-order valence-corrected chi connectivity index (χ0v) is 15.6. The van der Waals surface area contributed by atoms with Crippen molar-refractivity contribution in [2.75, 3.05) is 0 Å². The Balaban J connectivity index is 1.84. The maximum atomic E-state index is 13.9. The van der Waals surface area contributed by atoms with Crippen LogP contribution < -0.4 is 0 Å². The Morgan fingerprint density at radius 3 is 2.35 bits per heavy atom. The second-order valence-corrected chi connectivity index (χ2v) is 11.3. The molecule has 3 heteroatoms. The average molecular weight is 337 g/mol. The molecule has 0 nitrogen and oxygen atoms in total. The minimum absolute atomic E-state index is 0.123. The van der Waals surface area contributed by atoms with E-state index in [4.69, 9.17) is 0 Å². The summed E-state index contributed by atoms with van der Waals surface area (Å²) in [5.74, 6) is -0.687. The van der Waals surface area contributed by atoms with Gasteiger partial charge < -0.3 is 0 Å². The highest BCUT2D eigenvalue weighted by Gasteiger charge is 2.42. The van der Waals surface area contributed by atoms with Crippen molar-refractivity contribution in [3.8, 4) is 0 Å². The van der Waals surface area contributed by atoms with Gasteiger partial charge in [0.2, 0.25) is 0 Å². The van der Waals surface area contributed by atoms with E-state index >= 15 is 0 Å². The third-order valence-corrected chi connectivity index (χ3v) is 10.3. The first-order chi connectivity index (χ1) is 11.2. The molecule has 1 aliphatic heterocycles. The van der Waals surface area contributed by atoms with Crippen LogP contribution in [0.25, 0.3) is 0 Å². The van der Waals surface area contributed by atoms with Crippen molar-refractivity contribution in [3.63, 3.8) is 0 Å². The van der Waals surface area contributed by atoms with Gasteiger partial charge in [-0.1, -0.05) is 69.6 Å². The quantitative estimate of drug-likeness (QED) is 0.573. The molecule has 0 atom stereocenters. The van der Waals surface area contributed by atoms with Crippen molar-refractivity contribution in [2.45, 2.75) is 81.8 Å². The Morgan fingerprint density at radius 2 is 1.74 bits per heavy atom.